The number of rotatable bonds is 5. The number of imidazole rings is 1. The number of amides is 1. The highest BCUT2D eigenvalue weighted by Gasteiger charge is 2.09. The minimum absolute atomic E-state index is 0.203. The number of hydrogen-bond acceptors (Lipinski definition) is 4. The number of benzene rings is 2. The number of aryl methyl sites for hydroxylation is 1. The molecule has 25 heavy (non-hydrogen) atoms. The topological polar surface area (TPSA) is 73.2 Å². The van der Waals surface area contributed by atoms with Gasteiger partial charge in [0, 0.05) is 18.3 Å². The lowest BCUT2D eigenvalue weighted by atomic mass is 10.1. The first-order chi connectivity index (χ1) is 12.1. The molecule has 1 heterocycles. The van der Waals surface area contributed by atoms with Gasteiger partial charge in [-0.2, -0.15) is 0 Å². The Labute approximate surface area is 145 Å². The summed E-state index contributed by atoms with van der Waals surface area (Å²) in [5.41, 5.74) is 3.80. The molecule has 3 aromatic rings. The van der Waals surface area contributed by atoms with Gasteiger partial charge in [-0.1, -0.05) is 12.1 Å². The first kappa shape index (κ1) is 16.7. The molecule has 6 heteroatoms. The number of hydrogen-bond donors (Lipinski definition) is 1. The summed E-state index contributed by atoms with van der Waals surface area (Å²) in [4.78, 5) is 28.1. The van der Waals surface area contributed by atoms with E-state index in [9.17, 15) is 9.59 Å². The Balaban J connectivity index is 1.68. The molecule has 0 spiro atoms. The fraction of sp³-hybridized carbons (Fsp3) is 0.211. The van der Waals surface area contributed by atoms with E-state index in [2.05, 4.69) is 10.3 Å². The number of esters is 1. The average molecular weight is 337 g/mol. The van der Waals surface area contributed by atoms with E-state index in [0.717, 1.165) is 16.6 Å². The lowest BCUT2D eigenvalue weighted by molar-refractivity contribution is -0.142. The van der Waals surface area contributed by atoms with E-state index >= 15 is 0 Å². The van der Waals surface area contributed by atoms with Crippen molar-refractivity contribution in [3.63, 3.8) is 0 Å². The summed E-state index contributed by atoms with van der Waals surface area (Å²) >= 11 is 0. The van der Waals surface area contributed by atoms with Gasteiger partial charge < -0.3 is 14.6 Å². The predicted molar refractivity (Wildman–Crippen MR) is 95.4 cm³/mol. The molecule has 0 aliphatic carbocycles. The summed E-state index contributed by atoms with van der Waals surface area (Å²) in [6, 6.07) is 12.6. The zero-order valence-electron chi connectivity index (χ0n) is 14.2. The smallest absolute Gasteiger partial charge is 0.310 e. The third-order valence-corrected chi connectivity index (χ3v) is 3.85. The summed E-state index contributed by atoms with van der Waals surface area (Å²) in [7, 11) is 1.91. The van der Waals surface area contributed by atoms with Crippen molar-refractivity contribution in [3.8, 4) is 0 Å². The summed E-state index contributed by atoms with van der Waals surface area (Å²) in [6.45, 7) is 2.15. The lowest BCUT2D eigenvalue weighted by Crippen LogP contribution is -2.12. The largest absolute Gasteiger partial charge is 0.466 e. The van der Waals surface area contributed by atoms with Gasteiger partial charge in [-0.25, -0.2) is 4.98 Å². The van der Waals surface area contributed by atoms with Crippen molar-refractivity contribution in [1.29, 1.82) is 0 Å². The van der Waals surface area contributed by atoms with Crippen LogP contribution in [0.3, 0.4) is 0 Å². The molecule has 0 atom stereocenters. The van der Waals surface area contributed by atoms with Gasteiger partial charge in [0.05, 0.1) is 30.4 Å². The number of anilines is 1. The Morgan fingerprint density at radius 2 is 1.92 bits per heavy atom. The molecule has 0 saturated heterocycles. The van der Waals surface area contributed by atoms with E-state index in [1.165, 1.54) is 0 Å². The average Bonchev–Trinajstić information content (AvgIpc) is 2.97. The van der Waals surface area contributed by atoms with Crippen LogP contribution in [0.15, 0.2) is 48.8 Å². The third kappa shape index (κ3) is 3.85. The zero-order chi connectivity index (χ0) is 17.8. The number of nitrogens with zero attached hydrogens (tertiary/aromatic N) is 2. The van der Waals surface area contributed by atoms with Crippen LogP contribution in [-0.2, 0) is 23.0 Å². The molecule has 3 rings (SSSR count). The maximum atomic E-state index is 12.4. The molecule has 1 aromatic heterocycles. The van der Waals surface area contributed by atoms with Crippen LogP contribution in [0.5, 0.6) is 0 Å². The molecule has 2 aromatic carbocycles. The maximum absolute atomic E-state index is 12.4. The highest BCUT2D eigenvalue weighted by Crippen LogP contribution is 2.16. The summed E-state index contributed by atoms with van der Waals surface area (Å²) in [5, 5.41) is 2.85. The third-order valence-electron chi connectivity index (χ3n) is 3.85. The van der Waals surface area contributed by atoms with Gasteiger partial charge >= 0.3 is 5.97 Å². The number of nitrogens with one attached hydrogen (secondary N) is 1. The van der Waals surface area contributed by atoms with E-state index in [1.807, 2.05) is 17.7 Å². The summed E-state index contributed by atoms with van der Waals surface area (Å²) in [5.74, 6) is -0.464. The molecule has 128 valence electrons. The highest BCUT2D eigenvalue weighted by molar-refractivity contribution is 6.05. The minimum atomic E-state index is -0.261. The molecule has 0 fully saturated rings. The van der Waals surface area contributed by atoms with E-state index < -0.39 is 0 Å². The summed E-state index contributed by atoms with van der Waals surface area (Å²) in [6.07, 6.45) is 1.94. The molecule has 0 radical (unpaired) electrons. The first-order valence-electron chi connectivity index (χ1n) is 8.04. The SMILES string of the molecule is CCOC(=O)Cc1ccc(NC(=O)c2ccc3c(c2)ncn3C)cc1. The van der Waals surface area contributed by atoms with Crippen LogP contribution in [0.2, 0.25) is 0 Å². The van der Waals surface area contributed by atoms with Crippen molar-refractivity contribution < 1.29 is 14.3 Å². The van der Waals surface area contributed by atoms with Gasteiger partial charge in [0.15, 0.2) is 0 Å². The van der Waals surface area contributed by atoms with Crippen LogP contribution in [0, 0.1) is 0 Å². The number of aromatic nitrogens is 2. The van der Waals surface area contributed by atoms with Gasteiger partial charge in [-0.3, -0.25) is 9.59 Å². The second-order valence-electron chi connectivity index (χ2n) is 5.69. The van der Waals surface area contributed by atoms with E-state index in [-0.39, 0.29) is 18.3 Å². The fourth-order valence-electron chi connectivity index (χ4n) is 2.57. The van der Waals surface area contributed by atoms with E-state index in [4.69, 9.17) is 4.74 Å². The van der Waals surface area contributed by atoms with Crippen LogP contribution >= 0.6 is 0 Å². The quantitative estimate of drug-likeness (QED) is 0.727. The Hall–Kier alpha value is -3.15. The number of carbonyl (C=O) groups excluding carboxylic acids is 2. The van der Waals surface area contributed by atoms with Crippen molar-refractivity contribution in [2.45, 2.75) is 13.3 Å². The maximum Gasteiger partial charge on any atom is 0.310 e. The second kappa shape index (κ2) is 7.17. The van der Waals surface area contributed by atoms with Crippen molar-refractivity contribution in [2.75, 3.05) is 11.9 Å². The van der Waals surface area contributed by atoms with E-state index in [1.54, 1.807) is 49.6 Å². The molecule has 0 aliphatic rings. The Morgan fingerprint density at radius 1 is 1.16 bits per heavy atom. The van der Waals surface area contributed by atoms with Gasteiger partial charge in [0.2, 0.25) is 0 Å². The van der Waals surface area contributed by atoms with Crippen LogP contribution in [0.1, 0.15) is 22.8 Å². The van der Waals surface area contributed by atoms with Gasteiger partial charge in [0.1, 0.15) is 0 Å². The lowest BCUT2D eigenvalue weighted by Gasteiger charge is -2.07. The van der Waals surface area contributed by atoms with Crippen molar-refractivity contribution in [1.82, 2.24) is 9.55 Å². The Kier molecular flexibility index (Phi) is 4.79. The molecule has 6 nitrogen and oxygen atoms in total. The minimum Gasteiger partial charge on any atom is -0.466 e. The first-order valence-corrected chi connectivity index (χ1v) is 8.04. The molecule has 0 bridgehead atoms. The molecule has 0 aliphatic heterocycles. The monoisotopic (exact) mass is 337 g/mol. The molecule has 0 unspecified atom stereocenters. The second-order valence-corrected chi connectivity index (χ2v) is 5.69. The Morgan fingerprint density at radius 3 is 2.64 bits per heavy atom. The van der Waals surface area contributed by atoms with Crippen LogP contribution in [-0.4, -0.2) is 28.0 Å². The molecule has 1 amide bonds. The number of ether oxygens (including phenoxy) is 1. The van der Waals surface area contributed by atoms with Crippen LogP contribution in [0.25, 0.3) is 11.0 Å². The van der Waals surface area contributed by atoms with Crippen molar-refractivity contribution in [3.05, 3.63) is 59.9 Å². The zero-order valence-corrected chi connectivity index (χ0v) is 14.2. The Bertz CT molecular complexity index is 913. The molecular weight excluding hydrogens is 318 g/mol. The van der Waals surface area contributed by atoms with Gasteiger partial charge in [0.25, 0.3) is 5.91 Å². The number of carbonyl (C=O) groups is 2. The van der Waals surface area contributed by atoms with Gasteiger partial charge in [-0.05, 0) is 42.8 Å². The predicted octanol–water partition coefficient (Wildman–Crippen LogP) is 2.93. The normalized spacial score (nSPS) is 10.6. The molecule has 0 saturated carbocycles. The molecule has 1 N–H and O–H groups in total. The fourth-order valence-corrected chi connectivity index (χ4v) is 2.57. The van der Waals surface area contributed by atoms with Crippen LogP contribution in [0.4, 0.5) is 5.69 Å². The van der Waals surface area contributed by atoms with Crippen molar-refractivity contribution in [2.24, 2.45) is 7.05 Å². The standard InChI is InChI=1S/C19H19N3O3/c1-3-25-18(23)10-13-4-7-15(8-5-13)21-19(24)14-6-9-17-16(11-14)20-12-22(17)2/h4-9,11-12H,3,10H2,1-2H3,(H,21,24). The number of fused-ring (bicyclic) bond motifs is 1. The highest BCUT2D eigenvalue weighted by atomic mass is 16.5. The molecular formula is C19H19N3O3. The van der Waals surface area contributed by atoms with Crippen LogP contribution < -0.4 is 5.32 Å². The van der Waals surface area contributed by atoms with E-state index in [0.29, 0.717) is 17.9 Å². The van der Waals surface area contributed by atoms with Crippen molar-refractivity contribution >= 4 is 28.6 Å². The van der Waals surface area contributed by atoms with Gasteiger partial charge in [-0.15, -0.1) is 0 Å². The summed E-state index contributed by atoms with van der Waals surface area (Å²) < 4.78 is 6.82.